The highest BCUT2D eigenvalue weighted by Crippen LogP contribution is 2.32. The number of nitrogens with one attached hydrogen (secondary N) is 2. The smallest absolute Gasteiger partial charge is 0.243 e. The Morgan fingerprint density at radius 1 is 1.42 bits per heavy atom. The van der Waals surface area contributed by atoms with Crippen LogP contribution in [0.2, 0.25) is 5.02 Å². The van der Waals surface area contributed by atoms with Gasteiger partial charge in [-0.25, -0.2) is 0 Å². The summed E-state index contributed by atoms with van der Waals surface area (Å²) in [6.07, 6.45) is 3.03. The monoisotopic (exact) mass is 491 g/mol. The topological polar surface area (TPSA) is 70.7 Å². The summed E-state index contributed by atoms with van der Waals surface area (Å²) < 4.78 is 6.20. The Morgan fingerprint density at radius 2 is 2.12 bits per heavy atom. The van der Waals surface area contributed by atoms with Crippen LogP contribution in [-0.2, 0) is 9.59 Å². The van der Waals surface area contributed by atoms with Crippen molar-refractivity contribution in [3.8, 4) is 5.75 Å². The Hall–Kier alpha value is -1.48. The van der Waals surface area contributed by atoms with Gasteiger partial charge < -0.3 is 20.3 Å². The fourth-order valence-electron chi connectivity index (χ4n) is 2.82. The number of ether oxygens (including phenoxy) is 1. The number of piperidine rings is 1. The number of hydrogen-bond donors (Lipinski definition) is 2. The van der Waals surface area contributed by atoms with Crippen molar-refractivity contribution in [1.82, 2.24) is 10.2 Å². The molecule has 1 aromatic rings. The Bertz CT molecular complexity index is 676. The molecule has 1 aliphatic rings. The van der Waals surface area contributed by atoms with Crippen LogP contribution in [0.1, 0.15) is 12.8 Å². The van der Waals surface area contributed by atoms with E-state index in [4.69, 9.17) is 16.3 Å². The maximum absolute atomic E-state index is 12.5. The third kappa shape index (κ3) is 5.77. The van der Waals surface area contributed by atoms with Crippen LogP contribution in [0.25, 0.3) is 0 Å². The van der Waals surface area contributed by atoms with Crippen LogP contribution in [0.5, 0.6) is 5.75 Å². The molecule has 6 nitrogen and oxygen atoms in total. The molecule has 0 spiro atoms. The maximum atomic E-state index is 12.5. The van der Waals surface area contributed by atoms with Gasteiger partial charge in [-0.15, -0.1) is 0 Å². The number of rotatable bonds is 7. The summed E-state index contributed by atoms with van der Waals surface area (Å²) in [5.74, 6) is 0.901. The van der Waals surface area contributed by atoms with Crippen molar-refractivity contribution in [1.29, 1.82) is 0 Å². The molecule has 1 fully saturated rings. The highest BCUT2D eigenvalue weighted by atomic mass is 127. The third-order valence-corrected chi connectivity index (χ3v) is 5.91. The van der Waals surface area contributed by atoms with E-state index in [1.165, 1.54) is 6.08 Å². The summed E-state index contributed by atoms with van der Waals surface area (Å²) >= 11 is 8.24. The van der Waals surface area contributed by atoms with Crippen LogP contribution in [0.3, 0.4) is 0 Å². The number of nitrogens with zero attached hydrogens (tertiary/aromatic N) is 1. The van der Waals surface area contributed by atoms with E-state index in [0.717, 1.165) is 22.1 Å². The number of anilines is 1. The van der Waals surface area contributed by atoms with Crippen LogP contribution in [-0.4, -0.2) is 50.0 Å². The van der Waals surface area contributed by atoms with Crippen molar-refractivity contribution in [3.05, 3.63) is 33.4 Å². The van der Waals surface area contributed by atoms with Crippen molar-refractivity contribution in [3.63, 3.8) is 0 Å². The van der Waals surface area contributed by atoms with E-state index < -0.39 is 0 Å². The van der Waals surface area contributed by atoms with Gasteiger partial charge in [-0.1, -0.05) is 18.2 Å². The molecule has 0 aliphatic carbocycles. The number of likely N-dealkylation sites (tertiary alicyclic amines) is 1. The highest BCUT2D eigenvalue weighted by molar-refractivity contribution is 14.1. The predicted octanol–water partition coefficient (Wildman–Crippen LogP) is 2.91. The van der Waals surface area contributed by atoms with Gasteiger partial charge in [0, 0.05) is 29.3 Å². The number of methoxy groups -OCH3 is 1. The van der Waals surface area contributed by atoms with Gasteiger partial charge >= 0.3 is 0 Å². The number of hydrogen-bond acceptors (Lipinski definition) is 4. The van der Waals surface area contributed by atoms with Gasteiger partial charge in [-0.05, 0) is 53.5 Å². The van der Waals surface area contributed by atoms with E-state index >= 15 is 0 Å². The fraction of sp³-hybridized carbons (Fsp3) is 0.444. The first-order valence-electron chi connectivity index (χ1n) is 8.39. The second-order valence-corrected chi connectivity index (χ2v) is 7.66. The SMILES string of the molecule is C=CC(=O)NCC1CCN(C(=O)CNc2cc(I)c(Cl)cc2OC)CC1. The molecule has 0 bridgehead atoms. The zero-order valence-corrected chi connectivity index (χ0v) is 17.6. The lowest BCUT2D eigenvalue weighted by atomic mass is 9.96. The summed E-state index contributed by atoms with van der Waals surface area (Å²) in [5.41, 5.74) is 0.747. The lowest BCUT2D eigenvalue weighted by molar-refractivity contribution is -0.130. The Morgan fingerprint density at radius 3 is 2.73 bits per heavy atom. The zero-order chi connectivity index (χ0) is 19.1. The third-order valence-electron chi connectivity index (χ3n) is 4.39. The molecule has 0 aromatic heterocycles. The quantitative estimate of drug-likeness (QED) is 0.455. The molecule has 2 rings (SSSR count). The van der Waals surface area contributed by atoms with Gasteiger partial charge in [-0.2, -0.15) is 0 Å². The van der Waals surface area contributed by atoms with Crippen molar-refractivity contribution < 1.29 is 14.3 Å². The van der Waals surface area contributed by atoms with E-state index in [9.17, 15) is 9.59 Å². The second kappa shape index (κ2) is 10.0. The maximum Gasteiger partial charge on any atom is 0.243 e. The lowest BCUT2D eigenvalue weighted by Crippen LogP contribution is -2.43. The molecule has 1 heterocycles. The van der Waals surface area contributed by atoms with E-state index in [2.05, 4.69) is 39.8 Å². The average molecular weight is 492 g/mol. The van der Waals surface area contributed by atoms with Gasteiger partial charge in [0.25, 0.3) is 0 Å². The minimum atomic E-state index is -0.153. The van der Waals surface area contributed by atoms with E-state index in [-0.39, 0.29) is 18.4 Å². The molecule has 26 heavy (non-hydrogen) atoms. The summed E-state index contributed by atoms with van der Waals surface area (Å²) in [4.78, 5) is 25.5. The Kier molecular flexibility index (Phi) is 8.02. The number of amides is 2. The standard InChI is InChI=1S/C18H23ClIN3O3/c1-3-17(24)22-10-12-4-6-23(7-5-12)18(25)11-21-15-9-14(20)13(19)8-16(15)26-2/h3,8-9,12,21H,1,4-7,10-11H2,2H3,(H,22,24). The van der Waals surface area contributed by atoms with E-state index in [1.807, 2.05) is 11.0 Å². The number of benzene rings is 1. The lowest BCUT2D eigenvalue weighted by Gasteiger charge is -2.32. The van der Waals surface area contributed by atoms with Crippen LogP contribution < -0.4 is 15.4 Å². The van der Waals surface area contributed by atoms with Crippen molar-refractivity contribution in [2.45, 2.75) is 12.8 Å². The first-order chi connectivity index (χ1) is 12.4. The molecule has 0 saturated carbocycles. The Labute approximate surface area is 172 Å². The molecule has 0 atom stereocenters. The molecular formula is C18H23ClIN3O3. The van der Waals surface area contributed by atoms with E-state index in [0.29, 0.717) is 36.3 Å². The van der Waals surface area contributed by atoms with Crippen LogP contribution >= 0.6 is 34.2 Å². The van der Waals surface area contributed by atoms with Crippen LogP contribution in [0.15, 0.2) is 24.8 Å². The van der Waals surface area contributed by atoms with E-state index in [1.54, 1.807) is 13.2 Å². The van der Waals surface area contributed by atoms with Crippen LogP contribution in [0.4, 0.5) is 5.69 Å². The van der Waals surface area contributed by atoms with Crippen molar-refractivity contribution in [2.24, 2.45) is 5.92 Å². The van der Waals surface area contributed by atoms with Gasteiger partial charge in [0.15, 0.2) is 0 Å². The number of carbonyl (C=O) groups is 2. The normalized spacial score (nSPS) is 14.7. The highest BCUT2D eigenvalue weighted by Gasteiger charge is 2.23. The second-order valence-electron chi connectivity index (χ2n) is 6.09. The molecule has 0 unspecified atom stereocenters. The van der Waals surface area contributed by atoms with Gasteiger partial charge in [0.1, 0.15) is 5.75 Å². The molecule has 2 N–H and O–H groups in total. The largest absolute Gasteiger partial charge is 0.495 e. The van der Waals surface area contributed by atoms with Crippen LogP contribution in [0, 0.1) is 9.49 Å². The van der Waals surface area contributed by atoms with Gasteiger partial charge in [0.2, 0.25) is 11.8 Å². The fourth-order valence-corrected chi connectivity index (χ4v) is 3.44. The summed E-state index contributed by atoms with van der Waals surface area (Å²) in [5, 5.41) is 6.57. The summed E-state index contributed by atoms with van der Waals surface area (Å²) in [6.45, 7) is 5.67. The summed E-state index contributed by atoms with van der Waals surface area (Å²) in [7, 11) is 1.57. The predicted molar refractivity (Wildman–Crippen MR) is 112 cm³/mol. The molecule has 1 aromatic carbocycles. The number of halogens is 2. The number of carbonyl (C=O) groups excluding carboxylic acids is 2. The minimum absolute atomic E-state index is 0.0468. The molecule has 0 radical (unpaired) electrons. The molecule has 1 aliphatic heterocycles. The van der Waals surface area contributed by atoms with Crippen molar-refractivity contribution in [2.75, 3.05) is 38.6 Å². The molecule has 2 amide bonds. The molecule has 8 heteroatoms. The minimum Gasteiger partial charge on any atom is -0.495 e. The summed E-state index contributed by atoms with van der Waals surface area (Å²) in [6, 6.07) is 3.60. The average Bonchev–Trinajstić information content (AvgIpc) is 2.66. The zero-order valence-electron chi connectivity index (χ0n) is 14.7. The first kappa shape index (κ1) is 20.8. The van der Waals surface area contributed by atoms with Gasteiger partial charge in [-0.3, -0.25) is 9.59 Å². The Balaban J connectivity index is 1.82. The van der Waals surface area contributed by atoms with Crippen molar-refractivity contribution >= 4 is 51.7 Å². The van der Waals surface area contributed by atoms with Gasteiger partial charge in [0.05, 0.1) is 24.4 Å². The molecular weight excluding hydrogens is 469 g/mol. The first-order valence-corrected chi connectivity index (χ1v) is 9.85. The molecule has 1 saturated heterocycles. The molecule has 142 valence electrons.